The Hall–Kier alpha value is -2.70. The number of likely N-dealkylation sites (tertiary alicyclic amines) is 1. The van der Waals surface area contributed by atoms with Crippen molar-refractivity contribution in [3.8, 4) is 0 Å². The second-order valence-corrected chi connectivity index (χ2v) is 5.50. The summed E-state index contributed by atoms with van der Waals surface area (Å²) >= 11 is 0. The average Bonchev–Trinajstić information content (AvgIpc) is 2.97. The Morgan fingerprint density at radius 1 is 1.27 bits per heavy atom. The molecule has 7 nitrogen and oxygen atoms in total. The molecule has 0 spiro atoms. The van der Waals surface area contributed by atoms with Crippen LogP contribution in [-0.2, 0) is 0 Å². The predicted octanol–water partition coefficient (Wildman–Crippen LogP) is 0.396. The van der Waals surface area contributed by atoms with Crippen LogP contribution in [0.15, 0.2) is 33.9 Å². The quantitative estimate of drug-likeness (QED) is 0.838. The Labute approximate surface area is 126 Å². The normalized spacial score (nSPS) is 17.7. The first kappa shape index (κ1) is 14.2. The molecule has 0 bridgehead atoms. The first-order chi connectivity index (χ1) is 10.5. The second kappa shape index (κ2) is 5.59. The number of H-pyrrole nitrogens is 2. The molecule has 1 amide bonds. The van der Waals surface area contributed by atoms with Crippen molar-refractivity contribution < 1.29 is 4.79 Å². The fraction of sp³-hybridized carbons (Fsp3) is 0.333. The number of aromatic nitrogens is 3. The number of aromatic amines is 2. The molecule has 1 aromatic carbocycles. The summed E-state index contributed by atoms with van der Waals surface area (Å²) in [7, 11) is 0. The number of aryl methyl sites for hydroxylation is 1. The van der Waals surface area contributed by atoms with E-state index >= 15 is 0 Å². The summed E-state index contributed by atoms with van der Waals surface area (Å²) in [6.07, 6.45) is 0.843. The summed E-state index contributed by atoms with van der Waals surface area (Å²) in [5.41, 5.74) is 0.625. The van der Waals surface area contributed by atoms with Crippen LogP contribution in [0.5, 0.6) is 0 Å². The van der Waals surface area contributed by atoms with Gasteiger partial charge in [0.2, 0.25) is 5.69 Å². The molecule has 1 aliphatic heterocycles. The molecule has 7 heteroatoms. The number of benzene rings is 1. The summed E-state index contributed by atoms with van der Waals surface area (Å²) in [4.78, 5) is 38.5. The van der Waals surface area contributed by atoms with Crippen molar-refractivity contribution >= 4 is 5.91 Å². The first-order valence-electron chi connectivity index (χ1n) is 7.09. The van der Waals surface area contributed by atoms with Crippen LogP contribution in [0.3, 0.4) is 0 Å². The lowest BCUT2D eigenvalue weighted by molar-refractivity contribution is 0.0781. The molecular weight excluding hydrogens is 284 g/mol. The van der Waals surface area contributed by atoms with E-state index in [9.17, 15) is 14.4 Å². The van der Waals surface area contributed by atoms with E-state index in [0.29, 0.717) is 13.1 Å². The maximum Gasteiger partial charge on any atom is 0.342 e. The third kappa shape index (κ3) is 2.69. The number of carbonyl (C=O) groups is 1. The molecule has 1 atom stereocenters. The SMILES string of the molecule is Cc1ccc(C2CCN(C(=O)c3n[nH]c(=O)[nH]c3=O)C2)cc1. The van der Waals surface area contributed by atoms with Gasteiger partial charge in [0.15, 0.2) is 0 Å². The van der Waals surface area contributed by atoms with E-state index in [0.717, 1.165) is 6.42 Å². The first-order valence-corrected chi connectivity index (χ1v) is 7.09. The molecule has 0 radical (unpaired) electrons. The Balaban J connectivity index is 1.77. The van der Waals surface area contributed by atoms with Crippen molar-refractivity contribution in [3.05, 3.63) is 61.9 Å². The van der Waals surface area contributed by atoms with E-state index < -0.39 is 17.2 Å². The van der Waals surface area contributed by atoms with Crippen LogP contribution in [0.2, 0.25) is 0 Å². The smallest absolute Gasteiger partial charge is 0.336 e. The lowest BCUT2D eigenvalue weighted by Gasteiger charge is -2.15. The predicted molar refractivity (Wildman–Crippen MR) is 79.9 cm³/mol. The molecule has 22 heavy (non-hydrogen) atoms. The van der Waals surface area contributed by atoms with Gasteiger partial charge < -0.3 is 4.90 Å². The Bertz CT molecular complexity index is 807. The molecule has 0 saturated carbocycles. The van der Waals surface area contributed by atoms with Gasteiger partial charge in [0.05, 0.1) is 0 Å². The molecule has 1 saturated heterocycles. The van der Waals surface area contributed by atoms with Crippen molar-refractivity contribution in [1.82, 2.24) is 20.1 Å². The molecule has 1 unspecified atom stereocenters. The molecule has 1 aromatic heterocycles. The molecule has 2 heterocycles. The molecule has 0 aliphatic carbocycles. The van der Waals surface area contributed by atoms with E-state index in [4.69, 9.17) is 0 Å². The maximum absolute atomic E-state index is 12.3. The van der Waals surface area contributed by atoms with Crippen LogP contribution >= 0.6 is 0 Å². The highest BCUT2D eigenvalue weighted by molar-refractivity contribution is 5.92. The van der Waals surface area contributed by atoms with Gasteiger partial charge in [-0.25, -0.2) is 9.89 Å². The summed E-state index contributed by atoms with van der Waals surface area (Å²) < 4.78 is 0. The number of hydrogen-bond acceptors (Lipinski definition) is 4. The molecule has 2 N–H and O–H groups in total. The van der Waals surface area contributed by atoms with E-state index in [2.05, 4.69) is 22.3 Å². The maximum atomic E-state index is 12.3. The van der Waals surface area contributed by atoms with Gasteiger partial charge in [-0.15, -0.1) is 0 Å². The van der Waals surface area contributed by atoms with E-state index in [1.165, 1.54) is 11.1 Å². The van der Waals surface area contributed by atoms with Crippen LogP contribution in [0, 0.1) is 6.92 Å². The second-order valence-electron chi connectivity index (χ2n) is 5.50. The third-order valence-corrected chi connectivity index (χ3v) is 3.94. The fourth-order valence-electron chi connectivity index (χ4n) is 2.70. The number of nitrogens with one attached hydrogen (secondary N) is 2. The Morgan fingerprint density at radius 2 is 2.00 bits per heavy atom. The largest absolute Gasteiger partial charge is 0.342 e. The number of carbonyl (C=O) groups excluding carboxylic acids is 1. The minimum Gasteiger partial charge on any atom is -0.336 e. The third-order valence-electron chi connectivity index (χ3n) is 3.94. The number of rotatable bonds is 2. The molecule has 2 aromatic rings. The monoisotopic (exact) mass is 300 g/mol. The van der Waals surface area contributed by atoms with Gasteiger partial charge in [0, 0.05) is 19.0 Å². The van der Waals surface area contributed by atoms with E-state index in [1.54, 1.807) is 4.90 Å². The number of hydrogen-bond donors (Lipinski definition) is 2. The zero-order valence-electron chi connectivity index (χ0n) is 12.1. The molecule has 114 valence electrons. The molecule has 1 fully saturated rings. The highest BCUT2D eigenvalue weighted by Crippen LogP contribution is 2.27. The number of nitrogens with zero attached hydrogens (tertiary/aromatic N) is 2. The highest BCUT2D eigenvalue weighted by Gasteiger charge is 2.30. The molecule has 1 aliphatic rings. The van der Waals surface area contributed by atoms with Crippen molar-refractivity contribution in [2.24, 2.45) is 0 Å². The highest BCUT2D eigenvalue weighted by atomic mass is 16.2. The summed E-state index contributed by atoms with van der Waals surface area (Å²) in [5.74, 6) is -0.196. The lowest BCUT2D eigenvalue weighted by atomic mass is 9.98. The summed E-state index contributed by atoms with van der Waals surface area (Å²) in [5, 5.41) is 5.64. The van der Waals surface area contributed by atoms with Crippen molar-refractivity contribution in [2.75, 3.05) is 13.1 Å². The van der Waals surface area contributed by atoms with Crippen molar-refractivity contribution in [2.45, 2.75) is 19.3 Å². The van der Waals surface area contributed by atoms with E-state index in [1.807, 2.05) is 24.0 Å². The standard InChI is InChI=1S/C15H16N4O3/c1-9-2-4-10(5-3-9)11-6-7-19(8-11)14(21)12-13(20)16-15(22)18-17-12/h2-5,11H,6-8H2,1H3,(H2,16,18,20,22). The van der Waals surface area contributed by atoms with Crippen LogP contribution < -0.4 is 11.2 Å². The van der Waals surface area contributed by atoms with Gasteiger partial charge >= 0.3 is 5.69 Å². The minimum absolute atomic E-state index is 0.256. The van der Waals surface area contributed by atoms with Gasteiger partial charge in [-0.3, -0.25) is 14.6 Å². The average molecular weight is 300 g/mol. The molecule has 3 rings (SSSR count). The van der Waals surface area contributed by atoms with Crippen molar-refractivity contribution in [3.63, 3.8) is 0 Å². The van der Waals surface area contributed by atoms with E-state index in [-0.39, 0.29) is 11.6 Å². The van der Waals surface area contributed by atoms with Gasteiger partial charge in [-0.2, -0.15) is 5.10 Å². The zero-order valence-corrected chi connectivity index (χ0v) is 12.1. The van der Waals surface area contributed by atoms with Gasteiger partial charge in [-0.05, 0) is 18.9 Å². The molecular formula is C15H16N4O3. The number of amides is 1. The fourth-order valence-corrected chi connectivity index (χ4v) is 2.70. The summed E-state index contributed by atoms with van der Waals surface area (Å²) in [6.45, 7) is 3.14. The van der Waals surface area contributed by atoms with Crippen molar-refractivity contribution in [1.29, 1.82) is 0 Å². The van der Waals surface area contributed by atoms with Gasteiger partial charge in [0.1, 0.15) is 0 Å². The Morgan fingerprint density at radius 3 is 2.68 bits per heavy atom. The zero-order chi connectivity index (χ0) is 15.7. The van der Waals surface area contributed by atoms with Crippen LogP contribution in [-0.4, -0.2) is 39.1 Å². The topological polar surface area (TPSA) is 98.9 Å². The van der Waals surface area contributed by atoms with Gasteiger partial charge in [0.25, 0.3) is 11.5 Å². The minimum atomic E-state index is -0.757. The van der Waals surface area contributed by atoms with Crippen LogP contribution in [0.4, 0.5) is 0 Å². The lowest BCUT2D eigenvalue weighted by Crippen LogP contribution is -2.37. The summed E-state index contributed by atoms with van der Waals surface area (Å²) in [6, 6.07) is 8.24. The van der Waals surface area contributed by atoms with Gasteiger partial charge in [-0.1, -0.05) is 29.8 Å². The Kier molecular flexibility index (Phi) is 3.62. The van der Waals surface area contributed by atoms with Crippen LogP contribution in [0.25, 0.3) is 0 Å². The van der Waals surface area contributed by atoms with Crippen LogP contribution in [0.1, 0.15) is 34.0 Å².